The molecular weight excluding hydrogens is 158 g/mol. The molecule has 13 heavy (non-hydrogen) atoms. The first-order valence-corrected chi connectivity index (χ1v) is 5.59. The normalized spacial score (nSPS) is 16.4. The van der Waals surface area contributed by atoms with Crippen LogP contribution < -0.4 is 0 Å². The number of hydrogen-bond donors (Lipinski definition) is 0. The van der Waals surface area contributed by atoms with E-state index in [0.717, 1.165) is 18.9 Å². The van der Waals surface area contributed by atoms with Crippen molar-refractivity contribution in [1.29, 1.82) is 0 Å². The Bertz CT molecular complexity index is 185. The molecule has 1 heteroatoms. The lowest BCUT2D eigenvalue weighted by molar-refractivity contribution is 0.557. The fraction of sp³-hybridized carbons (Fsp3) is 0.750. The maximum Gasteiger partial charge on any atom is 0.0427 e. The van der Waals surface area contributed by atoms with Crippen LogP contribution >= 0.6 is 0 Å². The topological polar surface area (TPSA) is 12.4 Å². The molecule has 1 heterocycles. The summed E-state index contributed by atoms with van der Waals surface area (Å²) in [4.78, 5) is 4.60. The second-order valence-electron chi connectivity index (χ2n) is 3.77. The van der Waals surface area contributed by atoms with Gasteiger partial charge in [-0.25, -0.2) is 0 Å². The lowest BCUT2D eigenvalue weighted by atomic mass is 9.92. The van der Waals surface area contributed by atoms with Crippen molar-refractivity contribution < 1.29 is 0 Å². The van der Waals surface area contributed by atoms with Crippen LogP contribution in [0.15, 0.2) is 17.1 Å². The number of dihydropyridines is 1. The van der Waals surface area contributed by atoms with E-state index in [-0.39, 0.29) is 0 Å². The molecule has 0 aromatic carbocycles. The summed E-state index contributed by atoms with van der Waals surface area (Å²) in [5.41, 5.74) is 1.36. The molecule has 0 bridgehead atoms. The van der Waals surface area contributed by atoms with Crippen molar-refractivity contribution in [1.82, 2.24) is 0 Å². The van der Waals surface area contributed by atoms with Crippen molar-refractivity contribution in [2.24, 2.45) is 10.9 Å². The van der Waals surface area contributed by atoms with Gasteiger partial charge in [0.15, 0.2) is 0 Å². The van der Waals surface area contributed by atoms with Crippen molar-refractivity contribution >= 4 is 5.71 Å². The van der Waals surface area contributed by atoms with E-state index in [0.29, 0.717) is 0 Å². The summed E-state index contributed by atoms with van der Waals surface area (Å²) in [7, 11) is 0. The summed E-state index contributed by atoms with van der Waals surface area (Å²) in [5, 5.41) is 0. The van der Waals surface area contributed by atoms with E-state index >= 15 is 0 Å². The molecule has 0 aliphatic carbocycles. The van der Waals surface area contributed by atoms with E-state index < -0.39 is 0 Å². The van der Waals surface area contributed by atoms with Gasteiger partial charge in [-0.1, -0.05) is 32.8 Å². The predicted molar refractivity (Wildman–Crippen MR) is 59.4 cm³/mol. The number of aliphatic imine (C=N–C) groups is 1. The molecule has 0 radical (unpaired) electrons. The van der Waals surface area contributed by atoms with E-state index in [1.165, 1.54) is 31.4 Å². The third kappa shape index (κ3) is 3.33. The predicted octanol–water partition coefficient (Wildman–Crippen LogP) is 3.60. The Hall–Kier alpha value is -0.590. The lowest BCUT2D eigenvalue weighted by Gasteiger charge is -2.17. The summed E-state index contributed by atoms with van der Waals surface area (Å²) in [6.07, 6.45) is 10.8. The van der Waals surface area contributed by atoms with Crippen LogP contribution in [0.5, 0.6) is 0 Å². The smallest absolute Gasteiger partial charge is 0.0427 e. The zero-order valence-corrected chi connectivity index (χ0v) is 8.92. The highest BCUT2D eigenvalue weighted by Crippen LogP contribution is 2.18. The minimum absolute atomic E-state index is 0.728. The molecule has 0 aromatic rings. The third-order valence-corrected chi connectivity index (χ3v) is 2.57. The van der Waals surface area contributed by atoms with Gasteiger partial charge in [-0.05, 0) is 25.3 Å². The van der Waals surface area contributed by atoms with Gasteiger partial charge in [0.2, 0.25) is 0 Å². The highest BCUT2D eigenvalue weighted by molar-refractivity contribution is 5.97. The second-order valence-corrected chi connectivity index (χ2v) is 3.77. The molecule has 1 rings (SSSR count). The van der Waals surface area contributed by atoms with Crippen molar-refractivity contribution in [3.8, 4) is 0 Å². The first-order valence-electron chi connectivity index (χ1n) is 5.59. The van der Waals surface area contributed by atoms with Gasteiger partial charge >= 0.3 is 0 Å². The molecule has 0 unspecified atom stereocenters. The zero-order valence-electron chi connectivity index (χ0n) is 8.92. The van der Waals surface area contributed by atoms with Gasteiger partial charge in [-0.3, -0.25) is 4.99 Å². The van der Waals surface area contributed by atoms with Crippen LogP contribution in [0.1, 0.15) is 46.0 Å². The van der Waals surface area contributed by atoms with Crippen LogP contribution in [-0.4, -0.2) is 12.3 Å². The Morgan fingerprint density at radius 2 is 2.00 bits per heavy atom. The van der Waals surface area contributed by atoms with E-state index in [1.807, 2.05) is 0 Å². The molecular formula is C12H21N. The minimum Gasteiger partial charge on any atom is -0.289 e. The molecule has 0 spiro atoms. The Morgan fingerprint density at radius 3 is 2.46 bits per heavy atom. The average molecular weight is 179 g/mol. The molecule has 0 atom stereocenters. The first-order chi connectivity index (χ1) is 6.38. The van der Waals surface area contributed by atoms with Crippen LogP contribution in [0, 0.1) is 5.92 Å². The summed E-state index contributed by atoms with van der Waals surface area (Å²) in [6.45, 7) is 5.53. The van der Waals surface area contributed by atoms with Crippen LogP contribution in [0.3, 0.4) is 0 Å². The fourth-order valence-corrected chi connectivity index (χ4v) is 1.93. The molecule has 0 saturated heterocycles. The maximum absolute atomic E-state index is 4.60. The Labute approximate surface area is 82.0 Å². The molecule has 1 aliphatic heterocycles. The summed E-state index contributed by atoms with van der Waals surface area (Å²) < 4.78 is 0. The van der Waals surface area contributed by atoms with E-state index in [1.54, 1.807) is 0 Å². The highest BCUT2D eigenvalue weighted by atomic mass is 14.7. The summed E-state index contributed by atoms with van der Waals surface area (Å²) >= 11 is 0. The molecule has 74 valence electrons. The summed E-state index contributed by atoms with van der Waals surface area (Å²) in [6, 6.07) is 0. The largest absolute Gasteiger partial charge is 0.289 e. The van der Waals surface area contributed by atoms with Gasteiger partial charge in [0.25, 0.3) is 0 Å². The number of allylic oxidation sites excluding steroid dienone is 1. The number of hydrogen-bond acceptors (Lipinski definition) is 1. The van der Waals surface area contributed by atoms with Crippen LogP contribution in [0.25, 0.3) is 0 Å². The quantitative estimate of drug-likeness (QED) is 0.611. The second kappa shape index (κ2) is 5.95. The Morgan fingerprint density at radius 1 is 1.31 bits per heavy atom. The molecule has 1 aliphatic rings. The Kier molecular flexibility index (Phi) is 4.81. The van der Waals surface area contributed by atoms with Gasteiger partial charge in [0.1, 0.15) is 0 Å². The third-order valence-electron chi connectivity index (χ3n) is 2.57. The van der Waals surface area contributed by atoms with E-state index in [9.17, 15) is 0 Å². The molecule has 0 N–H and O–H groups in total. The van der Waals surface area contributed by atoms with Crippen LogP contribution in [0.4, 0.5) is 0 Å². The van der Waals surface area contributed by atoms with E-state index in [4.69, 9.17) is 0 Å². The van der Waals surface area contributed by atoms with Crippen molar-refractivity contribution in [2.75, 3.05) is 6.54 Å². The number of nitrogens with zero attached hydrogens (tertiary/aromatic N) is 1. The average Bonchev–Trinajstić information content (AvgIpc) is 2.19. The van der Waals surface area contributed by atoms with Crippen molar-refractivity contribution in [3.63, 3.8) is 0 Å². The monoisotopic (exact) mass is 179 g/mol. The van der Waals surface area contributed by atoms with Crippen LogP contribution in [0.2, 0.25) is 0 Å². The van der Waals surface area contributed by atoms with Crippen molar-refractivity contribution in [2.45, 2.75) is 46.0 Å². The lowest BCUT2D eigenvalue weighted by Crippen LogP contribution is -2.14. The highest BCUT2D eigenvalue weighted by Gasteiger charge is 2.12. The van der Waals surface area contributed by atoms with Crippen LogP contribution in [-0.2, 0) is 0 Å². The SMILES string of the molecule is CCCC(CCC)C1=NCCC=C1. The molecule has 0 amide bonds. The molecule has 0 saturated carbocycles. The zero-order chi connectivity index (χ0) is 9.52. The van der Waals surface area contributed by atoms with Gasteiger partial charge in [-0.2, -0.15) is 0 Å². The van der Waals surface area contributed by atoms with Gasteiger partial charge in [0, 0.05) is 18.2 Å². The standard InChI is InChI=1S/C12H21N/c1-3-7-11(8-4-2)12-9-5-6-10-13-12/h5,9,11H,3-4,6-8,10H2,1-2H3. The van der Waals surface area contributed by atoms with Gasteiger partial charge in [-0.15, -0.1) is 0 Å². The van der Waals surface area contributed by atoms with Crippen molar-refractivity contribution in [3.05, 3.63) is 12.2 Å². The fourth-order valence-electron chi connectivity index (χ4n) is 1.93. The molecule has 0 aromatic heterocycles. The minimum atomic E-state index is 0.728. The van der Waals surface area contributed by atoms with Gasteiger partial charge < -0.3 is 0 Å². The molecule has 1 nitrogen and oxygen atoms in total. The molecule has 0 fully saturated rings. The Balaban J connectivity index is 2.51. The van der Waals surface area contributed by atoms with Gasteiger partial charge in [0.05, 0.1) is 0 Å². The maximum atomic E-state index is 4.60. The first kappa shape index (κ1) is 10.5. The summed E-state index contributed by atoms with van der Waals surface area (Å²) in [5.74, 6) is 0.728. The number of rotatable bonds is 5. The van der Waals surface area contributed by atoms with E-state index in [2.05, 4.69) is 31.0 Å².